The zero-order chi connectivity index (χ0) is 14.4. The van der Waals surface area contributed by atoms with Crippen LogP contribution < -0.4 is 10.5 Å². The number of hydrogen-bond donors (Lipinski definition) is 1. The first kappa shape index (κ1) is 15.1. The molecular formula is C16H27N3O. The van der Waals surface area contributed by atoms with Crippen molar-refractivity contribution in [3.63, 3.8) is 0 Å². The highest BCUT2D eigenvalue weighted by molar-refractivity contribution is 5.43. The zero-order valence-electron chi connectivity index (χ0n) is 12.7. The van der Waals surface area contributed by atoms with Crippen molar-refractivity contribution in [3.05, 3.63) is 24.3 Å². The summed E-state index contributed by atoms with van der Waals surface area (Å²) in [5.41, 5.74) is 6.49. The van der Waals surface area contributed by atoms with Crippen LogP contribution in [0.2, 0.25) is 0 Å². The van der Waals surface area contributed by atoms with Crippen LogP contribution in [0.3, 0.4) is 0 Å². The molecule has 1 saturated heterocycles. The maximum absolute atomic E-state index is 5.76. The molecule has 0 amide bonds. The Morgan fingerprint density at radius 1 is 1.35 bits per heavy atom. The van der Waals surface area contributed by atoms with E-state index >= 15 is 0 Å². The summed E-state index contributed by atoms with van der Waals surface area (Å²) >= 11 is 0. The maximum atomic E-state index is 5.76. The zero-order valence-corrected chi connectivity index (χ0v) is 12.7. The number of nitrogens with zero attached hydrogens (tertiary/aromatic N) is 2. The second-order valence-electron chi connectivity index (χ2n) is 5.39. The van der Waals surface area contributed by atoms with Crippen LogP contribution in [0.5, 0.6) is 5.75 Å². The number of nitrogen functional groups attached to an aromatic ring is 1. The Morgan fingerprint density at radius 2 is 2.15 bits per heavy atom. The number of nitrogens with two attached hydrogens (primary N) is 1. The van der Waals surface area contributed by atoms with E-state index in [1.807, 2.05) is 24.3 Å². The van der Waals surface area contributed by atoms with Crippen molar-refractivity contribution < 1.29 is 4.74 Å². The number of hydrogen-bond acceptors (Lipinski definition) is 4. The van der Waals surface area contributed by atoms with Gasteiger partial charge in [0.15, 0.2) is 0 Å². The Balaban J connectivity index is 1.71. The van der Waals surface area contributed by atoms with Gasteiger partial charge in [-0.25, -0.2) is 0 Å². The minimum atomic E-state index is 0.720. The van der Waals surface area contributed by atoms with E-state index in [0.717, 1.165) is 43.7 Å². The summed E-state index contributed by atoms with van der Waals surface area (Å²) < 4.78 is 5.76. The monoisotopic (exact) mass is 277 g/mol. The number of anilines is 1. The predicted octanol–water partition coefficient (Wildman–Crippen LogP) is 2.06. The number of likely N-dealkylation sites (N-methyl/N-ethyl adjacent to an activating group) is 1. The molecule has 4 nitrogen and oxygen atoms in total. The smallest absolute Gasteiger partial charge is 0.121 e. The molecule has 0 aliphatic carbocycles. The van der Waals surface area contributed by atoms with E-state index in [1.54, 1.807) is 0 Å². The molecule has 1 atom stereocenters. The van der Waals surface area contributed by atoms with Crippen LogP contribution in [0.25, 0.3) is 0 Å². The molecular weight excluding hydrogens is 250 g/mol. The molecule has 1 aromatic rings. The first-order valence-electron chi connectivity index (χ1n) is 7.67. The first-order valence-corrected chi connectivity index (χ1v) is 7.67. The quantitative estimate of drug-likeness (QED) is 0.775. The average Bonchev–Trinajstić information content (AvgIpc) is 2.89. The minimum absolute atomic E-state index is 0.720. The molecule has 1 fully saturated rings. The van der Waals surface area contributed by atoms with E-state index in [2.05, 4.69) is 23.6 Å². The van der Waals surface area contributed by atoms with Gasteiger partial charge in [0.05, 0.1) is 0 Å². The lowest BCUT2D eigenvalue weighted by atomic mass is 10.2. The lowest BCUT2D eigenvalue weighted by molar-refractivity contribution is 0.195. The molecule has 0 radical (unpaired) electrons. The molecule has 112 valence electrons. The van der Waals surface area contributed by atoms with Crippen LogP contribution in [-0.2, 0) is 0 Å². The molecule has 1 heterocycles. The Morgan fingerprint density at radius 3 is 2.85 bits per heavy atom. The van der Waals surface area contributed by atoms with Crippen LogP contribution in [0, 0.1) is 0 Å². The molecule has 1 unspecified atom stereocenters. The normalized spacial score (nSPS) is 19.6. The van der Waals surface area contributed by atoms with Crippen molar-refractivity contribution in [2.24, 2.45) is 0 Å². The Hall–Kier alpha value is -1.26. The van der Waals surface area contributed by atoms with Gasteiger partial charge in [0, 0.05) is 30.9 Å². The van der Waals surface area contributed by atoms with Gasteiger partial charge in [-0.15, -0.1) is 0 Å². The molecule has 1 aromatic carbocycles. The van der Waals surface area contributed by atoms with Crippen molar-refractivity contribution >= 4 is 5.69 Å². The summed E-state index contributed by atoms with van der Waals surface area (Å²) in [4.78, 5) is 5.05. The van der Waals surface area contributed by atoms with Crippen LogP contribution in [0.4, 0.5) is 5.69 Å². The van der Waals surface area contributed by atoms with Gasteiger partial charge >= 0.3 is 0 Å². The summed E-state index contributed by atoms with van der Waals surface area (Å²) in [5, 5.41) is 0. The Labute approximate surface area is 122 Å². The second-order valence-corrected chi connectivity index (χ2v) is 5.39. The van der Waals surface area contributed by atoms with Crippen LogP contribution in [0.1, 0.15) is 20.3 Å². The highest BCUT2D eigenvalue weighted by Crippen LogP contribution is 2.16. The van der Waals surface area contributed by atoms with Crippen molar-refractivity contribution in [2.45, 2.75) is 26.3 Å². The van der Waals surface area contributed by atoms with Crippen LogP contribution in [-0.4, -0.2) is 55.2 Å². The van der Waals surface area contributed by atoms with E-state index in [-0.39, 0.29) is 0 Å². The van der Waals surface area contributed by atoms with Gasteiger partial charge in [-0.2, -0.15) is 0 Å². The fourth-order valence-electron chi connectivity index (χ4n) is 2.95. The van der Waals surface area contributed by atoms with E-state index < -0.39 is 0 Å². The van der Waals surface area contributed by atoms with E-state index in [9.17, 15) is 0 Å². The summed E-state index contributed by atoms with van der Waals surface area (Å²) in [6, 6.07) is 8.36. The number of rotatable bonds is 7. The molecule has 2 N–H and O–H groups in total. The SMILES string of the molecule is CCN(CC)C1CCN(CCOc2cccc(N)c2)C1. The lowest BCUT2D eigenvalue weighted by Crippen LogP contribution is -2.37. The molecule has 0 spiro atoms. The minimum Gasteiger partial charge on any atom is -0.492 e. The van der Waals surface area contributed by atoms with Crippen molar-refractivity contribution in [1.82, 2.24) is 9.80 Å². The van der Waals surface area contributed by atoms with E-state index in [1.165, 1.54) is 19.5 Å². The number of ether oxygens (including phenoxy) is 1. The predicted molar refractivity (Wildman–Crippen MR) is 84.1 cm³/mol. The molecule has 1 aliphatic rings. The van der Waals surface area contributed by atoms with Crippen molar-refractivity contribution in [3.8, 4) is 5.75 Å². The van der Waals surface area contributed by atoms with Crippen molar-refractivity contribution in [1.29, 1.82) is 0 Å². The fourth-order valence-corrected chi connectivity index (χ4v) is 2.95. The third-order valence-electron chi connectivity index (χ3n) is 4.11. The third-order valence-corrected chi connectivity index (χ3v) is 4.11. The van der Waals surface area contributed by atoms with Gasteiger partial charge < -0.3 is 10.5 Å². The van der Waals surface area contributed by atoms with Gasteiger partial charge in [-0.1, -0.05) is 19.9 Å². The van der Waals surface area contributed by atoms with Crippen LogP contribution >= 0.6 is 0 Å². The third kappa shape index (κ3) is 4.12. The van der Waals surface area contributed by atoms with Crippen LogP contribution in [0.15, 0.2) is 24.3 Å². The Bertz CT molecular complexity index is 406. The second kappa shape index (κ2) is 7.50. The average molecular weight is 277 g/mol. The first-order chi connectivity index (χ1) is 9.72. The van der Waals surface area contributed by atoms with Gasteiger partial charge in [-0.3, -0.25) is 9.80 Å². The maximum Gasteiger partial charge on any atom is 0.121 e. The van der Waals surface area contributed by atoms with Gasteiger partial charge in [0.25, 0.3) is 0 Å². The lowest BCUT2D eigenvalue weighted by Gasteiger charge is -2.26. The van der Waals surface area contributed by atoms with Gasteiger partial charge in [0.1, 0.15) is 12.4 Å². The molecule has 2 rings (SSSR count). The Kier molecular flexibility index (Phi) is 5.68. The van der Waals surface area contributed by atoms with Gasteiger partial charge in [-0.05, 0) is 38.2 Å². The standard InChI is InChI=1S/C16H27N3O/c1-3-19(4-2)15-8-9-18(13-15)10-11-20-16-7-5-6-14(17)12-16/h5-7,12,15H,3-4,8-11,13,17H2,1-2H3. The highest BCUT2D eigenvalue weighted by atomic mass is 16.5. The highest BCUT2D eigenvalue weighted by Gasteiger charge is 2.25. The summed E-state index contributed by atoms with van der Waals surface area (Å²) in [6.07, 6.45) is 1.28. The largest absolute Gasteiger partial charge is 0.492 e. The summed E-state index contributed by atoms with van der Waals surface area (Å²) in [6.45, 7) is 10.9. The molecule has 0 bridgehead atoms. The number of likely N-dealkylation sites (tertiary alicyclic amines) is 1. The summed E-state index contributed by atoms with van der Waals surface area (Å²) in [7, 11) is 0. The molecule has 0 aromatic heterocycles. The van der Waals surface area contributed by atoms with Crippen molar-refractivity contribution in [2.75, 3.05) is 45.1 Å². The number of benzene rings is 1. The van der Waals surface area contributed by atoms with E-state index in [4.69, 9.17) is 10.5 Å². The molecule has 0 saturated carbocycles. The fraction of sp³-hybridized carbons (Fsp3) is 0.625. The molecule has 1 aliphatic heterocycles. The van der Waals surface area contributed by atoms with E-state index in [0.29, 0.717) is 0 Å². The summed E-state index contributed by atoms with van der Waals surface area (Å²) in [5.74, 6) is 0.865. The molecule has 4 heteroatoms. The van der Waals surface area contributed by atoms with Gasteiger partial charge in [0.2, 0.25) is 0 Å². The topological polar surface area (TPSA) is 41.7 Å². The molecule has 20 heavy (non-hydrogen) atoms.